The lowest BCUT2D eigenvalue weighted by Crippen LogP contribution is -2.58. The second-order valence-electron chi connectivity index (χ2n) is 5.35. The number of anilines is 2. The molecule has 0 aliphatic carbocycles. The molecule has 8 heteroatoms. The maximum absolute atomic E-state index is 12.2. The van der Waals surface area contributed by atoms with Crippen LogP contribution in [-0.2, 0) is 10.2 Å². The van der Waals surface area contributed by atoms with Crippen LogP contribution in [0.15, 0.2) is 18.3 Å². The lowest BCUT2D eigenvalue weighted by Gasteiger charge is -2.44. The first-order chi connectivity index (χ1) is 10.2. The van der Waals surface area contributed by atoms with E-state index < -0.39 is 10.2 Å². The predicted molar refractivity (Wildman–Crippen MR) is 84.8 cm³/mol. The van der Waals surface area contributed by atoms with Crippen LogP contribution in [-0.4, -0.2) is 69.4 Å². The molecule has 21 heavy (non-hydrogen) atoms. The van der Waals surface area contributed by atoms with Gasteiger partial charge in [0.05, 0.1) is 7.06 Å². The summed E-state index contributed by atoms with van der Waals surface area (Å²) in [4.78, 5) is 8.37. The average Bonchev–Trinajstić information content (AvgIpc) is 2.37. The van der Waals surface area contributed by atoms with Crippen molar-refractivity contribution in [2.45, 2.75) is 13.0 Å². The second kappa shape index (κ2) is 6.17. The zero-order valence-electron chi connectivity index (χ0n) is 13.9. The summed E-state index contributed by atoms with van der Waals surface area (Å²) < 4.78 is 35.8. The lowest BCUT2D eigenvalue weighted by atomic mass is 10.1. The molecule has 0 unspecified atom stereocenters. The molecule has 2 heterocycles. The summed E-state index contributed by atoms with van der Waals surface area (Å²) in [6, 6.07) is 2.09. The number of rotatable bonds is 6. The van der Waals surface area contributed by atoms with E-state index in [1.807, 2.05) is 19.0 Å². The van der Waals surface area contributed by atoms with Gasteiger partial charge in [-0.25, -0.2) is 4.98 Å². The fraction of sp³-hybridized carbons (Fsp3) is 0.615. The van der Waals surface area contributed by atoms with Crippen LogP contribution in [0, 0.1) is 0 Å². The van der Waals surface area contributed by atoms with E-state index in [0.29, 0.717) is 24.1 Å². The number of likely N-dealkylation sites (N-methyl/N-ethyl adjacent to an activating group) is 1. The van der Waals surface area contributed by atoms with Crippen molar-refractivity contribution in [1.29, 1.82) is 0 Å². The molecule has 1 aromatic rings. The van der Waals surface area contributed by atoms with Crippen LogP contribution in [0.4, 0.5) is 11.5 Å². The van der Waals surface area contributed by atoms with Gasteiger partial charge in [-0.05, 0) is 26.2 Å². The molecule has 0 saturated carbocycles. The predicted octanol–water partition coefficient (Wildman–Crippen LogP) is 0.440. The molecule has 0 aromatic carbocycles. The molecular weight excluding hydrogens is 290 g/mol. The molecule has 0 amide bonds. The van der Waals surface area contributed by atoms with E-state index >= 15 is 0 Å². The van der Waals surface area contributed by atoms with Crippen LogP contribution in [0.5, 0.6) is 0 Å². The van der Waals surface area contributed by atoms with Gasteiger partial charge in [0.15, 0.2) is 5.82 Å². The Balaban J connectivity index is 2.23. The summed E-state index contributed by atoms with van der Waals surface area (Å²) in [5, 5.41) is 0. The second-order valence-corrected chi connectivity index (χ2v) is 7.13. The number of nitrogens with zero attached hydrogens (tertiary/aromatic N) is 4. The van der Waals surface area contributed by atoms with Crippen molar-refractivity contribution in [2.24, 2.45) is 0 Å². The van der Waals surface area contributed by atoms with E-state index in [1.165, 1.54) is 23.6 Å². The Bertz CT molecular complexity index is 631. The Morgan fingerprint density at radius 1 is 1.48 bits per heavy atom. The minimum absolute atomic E-state index is 0.172. The standard InChI is InChI=1S/C13H23N5O2S/c1-5-17(4)21(19,20)15-12-7-6-8-14-13(12)18-9-11(10-18)16(2)3/h6-8,11,15H,5,9-10H2,1-4H3/i6D. The van der Waals surface area contributed by atoms with Crippen LogP contribution in [0.2, 0.25) is 0 Å². The van der Waals surface area contributed by atoms with Gasteiger partial charge in [0.1, 0.15) is 0 Å². The maximum Gasteiger partial charge on any atom is 0.301 e. The molecule has 0 atom stereocenters. The Labute approximate surface area is 128 Å². The van der Waals surface area contributed by atoms with E-state index in [9.17, 15) is 8.42 Å². The third-order valence-corrected chi connectivity index (χ3v) is 5.27. The van der Waals surface area contributed by atoms with E-state index in [-0.39, 0.29) is 6.04 Å². The first-order valence-corrected chi connectivity index (χ1v) is 8.30. The van der Waals surface area contributed by atoms with E-state index in [1.54, 1.807) is 6.92 Å². The van der Waals surface area contributed by atoms with Crippen molar-refractivity contribution in [1.82, 2.24) is 14.2 Å². The molecule has 0 bridgehead atoms. The zero-order valence-corrected chi connectivity index (χ0v) is 13.7. The van der Waals surface area contributed by atoms with Crippen molar-refractivity contribution in [3.05, 3.63) is 18.3 Å². The first kappa shape index (κ1) is 14.6. The van der Waals surface area contributed by atoms with Crippen molar-refractivity contribution in [3.63, 3.8) is 0 Å². The van der Waals surface area contributed by atoms with Gasteiger partial charge in [-0.2, -0.15) is 12.7 Å². The van der Waals surface area contributed by atoms with Gasteiger partial charge >= 0.3 is 10.2 Å². The van der Waals surface area contributed by atoms with Crippen LogP contribution < -0.4 is 9.62 Å². The fourth-order valence-electron chi connectivity index (χ4n) is 2.02. The number of hydrogen-bond donors (Lipinski definition) is 1. The minimum atomic E-state index is -3.63. The highest BCUT2D eigenvalue weighted by Crippen LogP contribution is 2.28. The summed E-state index contributed by atoms with van der Waals surface area (Å²) >= 11 is 0. The topological polar surface area (TPSA) is 68.8 Å². The molecule has 1 saturated heterocycles. The van der Waals surface area contributed by atoms with Gasteiger partial charge < -0.3 is 9.80 Å². The molecule has 1 fully saturated rings. The lowest BCUT2D eigenvalue weighted by molar-refractivity contribution is 0.246. The number of aromatic nitrogens is 1. The van der Waals surface area contributed by atoms with Gasteiger partial charge in [0, 0.05) is 38.9 Å². The van der Waals surface area contributed by atoms with Gasteiger partial charge in [-0.15, -0.1) is 0 Å². The Morgan fingerprint density at radius 3 is 2.71 bits per heavy atom. The molecule has 1 aliphatic heterocycles. The van der Waals surface area contributed by atoms with Gasteiger partial charge in [0.25, 0.3) is 0 Å². The molecule has 7 nitrogen and oxygen atoms in total. The quantitative estimate of drug-likeness (QED) is 0.825. The van der Waals surface area contributed by atoms with Crippen LogP contribution in [0.3, 0.4) is 0 Å². The third-order valence-electron chi connectivity index (χ3n) is 3.72. The molecular formula is C13H23N5O2S. The van der Waals surface area contributed by atoms with Crippen molar-refractivity contribution >= 4 is 21.7 Å². The largest absolute Gasteiger partial charge is 0.352 e. The first-order valence-electron chi connectivity index (χ1n) is 7.36. The number of hydrogen-bond acceptors (Lipinski definition) is 5. The van der Waals surface area contributed by atoms with Gasteiger partial charge in [-0.3, -0.25) is 4.72 Å². The maximum atomic E-state index is 12.2. The van der Waals surface area contributed by atoms with Crippen LogP contribution in [0.25, 0.3) is 0 Å². The Kier molecular flexibility index (Phi) is 4.27. The van der Waals surface area contributed by atoms with Crippen LogP contribution in [0.1, 0.15) is 8.29 Å². The number of nitrogens with one attached hydrogen (secondary N) is 1. The highest BCUT2D eigenvalue weighted by molar-refractivity contribution is 7.90. The van der Waals surface area contributed by atoms with E-state index in [4.69, 9.17) is 1.37 Å². The zero-order chi connectivity index (χ0) is 16.5. The van der Waals surface area contributed by atoms with Crippen LogP contribution >= 0.6 is 0 Å². The number of pyridine rings is 1. The normalized spacial score (nSPS) is 17.0. The molecule has 118 valence electrons. The summed E-state index contributed by atoms with van der Waals surface area (Å²) in [6.07, 6.45) is 1.43. The summed E-state index contributed by atoms with van der Waals surface area (Å²) in [7, 11) is 1.91. The SMILES string of the molecule is [2H]c1cnc(N2CC(N(C)C)C2)c(NS(=O)(=O)N(C)CC)c1. The minimum Gasteiger partial charge on any atom is -0.352 e. The van der Waals surface area contributed by atoms with Crippen molar-refractivity contribution in [2.75, 3.05) is 50.4 Å². The summed E-state index contributed by atoms with van der Waals surface area (Å²) in [5.41, 5.74) is 0.352. The van der Waals surface area contributed by atoms with E-state index in [0.717, 1.165) is 13.1 Å². The smallest absolute Gasteiger partial charge is 0.301 e. The molecule has 2 rings (SSSR count). The molecule has 0 radical (unpaired) electrons. The molecule has 1 aromatic heterocycles. The Morgan fingerprint density at radius 2 is 2.14 bits per heavy atom. The van der Waals surface area contributed by atoms with Gasteiger partial charge in [0.2, 0.25) is 0 Å². The van der Waals surface area contributed by atoms with E-state index in [2.05, 4.69) is 14.6 Å². The van der Waals surface area contributed by atoms with Gasteiger partial charge in [-0.1, -0.05) is 6.92 Å². The monoisotopic (exact) mass is 314 g/mol. The Hall–Kier alpha value is -1.38. The third kappa shape index (κ3) is 3.45. The van der Waals surface area contributed by atoms with Crippen molar-refractivity contribution in [3.8, 4) is 0 Å². The highest BCUT2D eigenvalue weighted by Gasteiger charge is 2.31. The fourth-order valence-corrected chi connectivity index (χ4v) is 2.95. The molecule has 1 aliphatic rings. The summed E-state index contributed by atoms with van der Waals surface area (Å²) in [6.45, 7) is 3.70. The summed E-state index contributed by atoms with van der Waals surface area (Å²) in [5.74, 6) is 0.571. The molecule has 0 spiro atoms. The highest BCUT2D eigenvalue weighted by atomic mass is 32.2. The van der Waals surface area contributed by atoms with Crippen molar-refractivity contribution < 1.29 is 9.79 Å². The average molecular weight is 314 g/mol. The molecule has 1 N–H and O–H groups in total.